The molecule has 0 radical (unpaired) electrons. The number of hydrogen-bond acceptors (Lipinski definition) is 5. The van der Waals surface area contributed by atoms with Gasteiger partial charge >= 0.3 is 0 Å². The van der Waals surface area contributed by atoms with Gasteiger partial charge in [0.2, 0.25) is 5.91 Å². The molecule has 7 heteroatoms. The number of pyridine rings is 1. The Bertz CT molecular complexity index is 1110. The molecule has 1 aromatic carbocycles. The van der Waals surface area contributed by atoms with Crippen molar-refractivity contribution in [1.29, 1.82) is 5.26 Å². The van der Waals surface area contributed by atoms with Crippen molar-refractivity contribution < 1.29 is 9.59 Å². The van der Waals surface area contributed by atoms with E-state index in [0.29, 0.717) is 43.9 Å². The first kappa shape index (κ1) is 21.8. The smallest absolute Gasteiger partial charge is 0.255 e. The molecular weight excluding hydrogens is 402 g/mol. The van der Waals surface area contributed by atoms with Gasteiger partial charge in [0.25, 0.3) is 5.91 Å². The van der Waals surface area contributed by atoms with Crippen LogP contribution in [0.1, 0.15) is 52.4 Å². The Morgan fingerprint density at radius 1 is 1.19 bits per heavy atom. The van der Waals surface area contributed by atoms with E-state index in [2.05, 4.69) is 34.3 Å². The number of anilines is 1. The average molecular weight is 432 g/mol. The van der Waals surface area contributed by atoms with Crippen LogP contribution < -0.4 is 10.2 Å². The van der Waals surface area contributed by atoms with Gasteiger partial charge in [0.1, 0.15) is 5.82 Å². The maximum Gasteiger partial charge on any atom is 0.255 e. The van der Waals surface area contributed by atoms with Gasteiger partial charge in [-0.15, -0.1) is 0 Å². The molecule has 2 fully saturated rings. The van der Waals surface area contributed by atoms with Crippen LogP contribution >= 0.6 is 0 Å². The SMILES string of the molecule is Cc1cnc(N2CCN(C(=O)c3ccc(C4C(=O)NCC4(C)C)cc3C#N)CC2)c(C)c1. The highest BCUT2D eigenvalue weighted by Gasteiger charge is 2.42. The zero-order valence-electron chi connectivity index (χ0n) is 19.1. The summed E-state index contributed by atoms with van der Waals surface area (Å²) in [4.78, 5) is 34.2. The highest BCUT2D eigenvalue weighted by atomic mass is 16.2. The van der Waals surface area contributed by atoms with Crippen molar-refractivity contribution in [3.05, 3.63) is 58.3 Å². The number of carbonyl (C=O) groups is 2. The van der Waals surface area contributed by atoms with Crippen LogP contribution in [0.15, 0.2) is 30.5 Å². The lowest BCUT2D eigenvalue weighted by Gasteiger charge is -2.36. The summed E-state index contributed by atoms with van der Waals surface area (Å²) in [6.45, 7) is 11.3. The molecule has 0 spiro atoms. The molecule has 32 heavy (non-hydrogen) atoms. The van der Waals surface area contributed by atoms with Gasteiger partial charge in [0, 0.05) is 38.9 Å². The minimum atomic E-state index is -0.326. The fourth-order valence-corrected chi connectivity index (χ4v) is 4.83. The number of amides is 2. The van der Waals surface area contributed by atoms with Crippen molar-refractivity contribution in [3.8, 4) is 6.07 Å². The Hall–Kier alpha value is -3.40. The Labute approximate surface area is 189 Å². The van der Waals surface area contributed by atoms with Gasteiger partial charge in [-0.1, -0.05) is 26.0 Å². The van der Waals surface area contributed by atoms with E-state index in [1.165, 1.54) is 0 Å². The van der Waals surface area contributed by atoms with Gasteiger partial charge in [-0.2, -0.15) is 5.26 Å². The van der Waals surface area contributed by atoms with E-state index in [1.54, 1.807) is 17.0 Å². The molecule has 0 aliphatic carbocycles. The lowest BCUT2D eigenvalue weighted by atomic mass is 9.77. The predicted molar refractivity (Wildman–Crippen MR) is 123 cm³/mol. The van der Waals surface area contributed by atoms with E-state index in [4.69, 9.17) is 0 Å². The van der Waals surface area contributed by atoms with E-state index < -0.39 is 0 Å². The van der Waals surface area contributed by atoms with Crippen LogP contribution in [0.5, 0.6) is 0 Å². The second-order valence-electron chi connectivity index (χ2n) is 9.49. The van der Waals surface area contributed by atoms with Crippen LogP contribution in [0, 0.1) is 30.6 Å². The van der Waals surface area contributed by atoms with Crippen molar-refractivity contribution in [1.82, 2.24) is 15.2 Å². The largest absolute Gasteiger partial charge is 0.355 e. The molecule has 1 N–H and O–H groups in total. The maximum atomic E-state index is 13.2. The molecule has 7 nitrogen and oxygen atoms in total. The van der Waals surface area contributed by atoms with Crippen molar-refractivity contribution in [3.63, 3.8) is 0 Å². The van der Waals surface area contributed by atoms with E-state index in [1.807, 2.05) is 33.0 Å². The molecule has 1 atom stereocenters. The fraction of sp³-hybridized carbons (Fsp3) is 0.440. The minimum Gasteiger partial charge on any atom is -0.355 e. The van der Waals surface area contributed by atoms with Gasteiger partial charge in [-0.3, -0.25) is 9.59 Å². The molecule has 0 bridgehead atoms. The van der Waals surface area contributed by atoms with Gasteiger partial charge in [0.15, 0.2) is 0 Å². The van der Waals surface area contributed by atoms with Crippen LogP contribution in [0.2, 0.25) is 0 Å². The first-order valence-electron chi connectivity index (χ1n) is 11.0. The summed E-state index contributed by atoms with van der Waals surface area (Å²) < 4.78 is 0. The number of rotatable bonds is 3. The molecule has 2 saturated heterocycles. The van der Waals surface area contributed by atoms with Gasteiger partial charge in [-0.25, -0.2) is 4.98 Å². The van der Waals surface area contributed by atoms with Gasteiger partial charge in [0.05, 0.1) is 23.1 Å². The zero-order valence-corrected chi connectivity index (χ0v) is 19.1. The second-order valence-corrected chi connectivity index (χ2v) is 9.49. The molecule has 166 valence electrons. The Kier molecular flexibility index (Phi) is 5.64. The Balaban J connectivity index is 1.50. The van der Waals surface area contributed by atoms with Crippen LogP contribution in [-0.4, -0.2) is 54.4 Å². The third-order valence-corrected chi connectivity index (χ3v) is 6.54. The molecule has 1 unspecified atom stereocenters. The number of carbonyl (C=O) groups excluding carboxylic acids is 2. The highest BCUT2D eigenvalue weighted by molar-refractivity contribution is 5.97. The number of benzene rings is 1. The summed E-state index contributed by atoms with van der Waals surface area (Å²) in [5.41, 5.74) is 3.52. The van der Waals surface area contributed by atoms with Crippen LogP contribution in [0.4, 0.5) is 5.82 Å². The van der Waals surface area contributed by atoms with Crippen LogP contribution in [0.25, 0.3) is 0 Å². The van der Waals surface area contributed by atoms with Crippen molar-refractivity contribution in [2.75, 3.05) is 37.6 Å². The van der Waals surface area contributed by atoms with E-state index in [9.17, 15) is 14.9 Å². The summed E-state index contributed by atoms with van der Waals surface area (Å²) in [6.07, 6.45) is 1.87. The summed E-state index contributed by atoms with van der Waals surface area (Å²) >= 11 is 0. The monoisotopic (exact) mass is 431 g/mol. The quantitative estimate of drug-likeness (QED) is 0.807. The number of piperazine rings is 1. The molecule has 4 rings (SSSR count). The fourth-order valence-electron chi connectivity index (χ4n) is 4.83. The number of aromatic nitrogens is 1. The molecule has 1 aromatic heterocycles. The summed E-state index contributed by atoms with van der Waals surface area (Å²) in [7, 11) is 0. The topological polar surface area (TPSA) is 89.3 Å². The van der Waals surface area contributed by atoms with Gasteiger partial charge in [-0.05, 0) is 48.1 Å². The number of nitrogens with zero attached hydrogens (tertiary/aromatic N) is 4. The standard InChI is InChI=1S/C25H29N5O2/c1-16-11-17(2)22(27-14-16)29-7-9-30(10-8-29)24(32)20-6-5-18(12-19(20)13-26)21-23(31)28-15-25(21,3)4/h5-6,11-12,14,21H,7-10,15H2,1-4H3,(H,28,31). The van der Waals surface area contributed by atoms with Crippen molar-refractivity contribution >= 4 is 17.6 Å². The first-order chi connectivity index (χ1) is 15.2. The second kappa shape index (κ2) is 8.27. The zero-order chi connectivity index (χ0) is 23.0. The van der Waals surface area contributed by atoms with E-state index >= 15 is 0 Å². The highest BCUT2D eigenvalue weighted by Crippen LogP contribution is 2.39. The molecule has 3 heterocycles. The summed E-state index contributed by atoms with van der Waals surface area (Å²) in [5.74, 6) is 0.459. The predicted octanol–water partition coefficient (Wildman–Crippen LogP) is 2.77. The number of hydrogen-bond donors (Lipinski definition) is 1. The van der Waals surface area contributed by atoms with E-state index in [-0.39, 0.29) is 23.1 Å². The van der Waals surface area contributed by atoms with E-state index in [0.717, 1.165) is 22.5 Å². The number of nitriles is 1. The molecule has 2 amide bonds. The van der Waals surface area contributed by atoms with Crippen LogP contribution in [0.3, 0.4) is 0 Å². The maximum absolute atomic E-state index is 13.2. The third kappa shape index (κ3) is 3.93. The van der Waals surface area contributed by atoms with Crippen LogP contribution in [-0.2, 0) is 4.79 Å². The van der Waals surface area contributed by atoms with Crippen molar-refractivity contribution in [2.45, 2.75) is 33.6 Å². The lowest BCUT2D eigenvalue weighted by Crippen LogP contribution is -2.49. The third-order valence-electron chi connectivity index (χ3n) is 6.54. The average Bonchev–Trinajstić information content (AvgIpc) is 3.05. The lowest BCUT2D eigenvalue weighted by molar-refractivity contribution is -0.121. The molecule has 2 aromatic rings. The first-order valence-corrected chi connectivity index (χ1v) is 11.0. The minimum absolute atomic E-state index is 0.0332. The Morgan fingerprint density at radius 3 is 2.50 bits per heavy atom. The molecule has 2 aliphatic rings. The normalized spacial score (nSPS) is 20.1. The Morgan fingerprint density at radius 2 is 1.91 bits per heavy atom. The summed E-state index contributed by atoms with van der Waals surface area (Å²) in [5, 5.41) is 12.6. The number of nitrogens with one attached hydrogen (secondary N) is 1. The van der Waals surface area contributed by atoms with Gasteiger partial charge < -0.3 is 15.1 Å². The summed E-state index contributed by atoms with van der Waals surface area (Å²) in [6, 6.07) is 9.52. The number of aryl methyl sites for hydroxylation is 2. The molecule has 2 aliphatic heterocycles. The van der Waals surface area contributed by atoms with Crippen molar-refractivity contribution in [2.24, 2.45) is 5.41 Å². The molecule has 0 saturated carbocycles. The molecular formula is C25H29N5O2.